The molecule has 4 rings (SSSR count). The first-order valence-electron chi connectivity index (χ1n) is 40.8. The molecule has 12 amide bonds. The van der Waals surface area contributed by atoms with Crippen LogP contribution >= 0.6 is 32.9 Å². The van der Waals surface area contributed by atoms with Gasteiger partial charge in [0, 0.05) is 74.3 Å². The number of benzene rings is 2. The van der Waals surface area contributed by atoms with Crippen molar-refractivity contribution in [2.45, 2.75) is 237 Å². The highest BCUT2D eigenvalue weighted by Gasteiger charge is 2.40. The smallest absolute Gasteiger partial charge is 0.426 e. The minimum Gasteiger partial charge on any atom is -0.508 e. The highest BCUT2D eigenvalue weighted by molar-refractivity contribution is 8.76. The van der Waals surface area contributed by atoms with Crippen molar-refractivity contribution in [1.29, 1.82) is 0 Å². The van der Waals surface area contributed by atoms with Gasteiger partial charge >= 0.3 is 59.9 Å². The van der Waals surface area contributed by atoms with Gasteiger partial charge in [-0.1, -0.05) is 132 Å². The molecular weight excluding hydrogens is 1690 g/mol. The van der Waals surface area contributed by atoms with Crippen LogP contribution < -0.4 is 58.7 Å². The Hall–Kier alpha value is -11.1. The lowest BCUT2D eigenvalue weighted by molar-refractivity contribution is -0.153. The topological polar surface area (TPSA) is 611 Å². The quantitative estimate of drug-likeness (QED) is 0.0121. The lowest BCUT2D eigenvalue weighted by atomic mass is 9.92. The number of phenols is 1. The molecule has 1 saturated heterocycles. The maximum Gasteiger partial charge on any atom is 0.426 e. The number of phenolic OH excluding ortho intramolecular Hbond substituents is 1. The molecule has 44 heteroatoms. The van der Waals surface area contributed by atoms with Crippen LogP contribution in [0.5, 0.6) is 5.75 Å². The summed E-state index contributed by atoms with van der Waals surface area (Å²) in [4.78, 5) is 226. The number of hydrazine groups is 1. The summed E-state index contributed by atoms with van der Waals surface area (Å²) < 4.78 is 17.4. The number of aromatic hydroxyl groups is 1. The van der Waals surface area contributed by atoms with Crippen LogP contribution in [0, 0.1) is 17.8 Å². The van der Waals surface area contributed by atoms with Crippen molar-refractivity contribution in [2.75, 3.05) is 51.6 Å². The number of carboxylic acids is 6. The molecule has 1 aromatic heterocycles. The summed E-state index contributed by atoms with van der Waals surface area (Å²) in [6.45, 7) is 13.4. The number of nitrogens with one attached hydrogen (secondary N) is 11. The minimum absolute atomic E-state index is 0.0135. The maximum atomic E-state index is 15.1. The van der Waals surface area contributed by atoms with Gasteiger partial charge < -0.3 is 103 Å². The Morgan fingerprint density at radius 1 is 0.629 bits per heavy atom. The number of aliphatic carboxylic acids is 6. The number of hydrogen-bond acceptors (Lipinski definition) is 26. The van der Waals surface area contributed by atoms with Gasteiger partial charge in [0.2, 0.25) is 35.4 Å². The molecule has 688 valence electrons. The van der Waals surface area contributed by atoms with Gasteiger partial charge in [0.25, 0.3) is 5.91 Å². The van der Waals surface area contributed by atoms with Gasteiger partial charge in [-0.15, -0.1) is 11.3 Å². The second-order valence-electron chi connectivity index (χ2n) is 30.2. The zero-order valence-electron chi connectivity index (χ0n) is 70.7. The maximum absolute atomic E-state index is 15.1. The predicted molar refractivity (Wildman–Crippen MR) is 451 cm³/mol. The van der Waals surface area contributed by atoms with Crippen molar-refractivity contribution < 1.29 is 131 Å². The SMILES string of the molecule is CCCCCCOCN(C(=O)[C@@H](NC(=O)[C@H]1CCCCN1C)C(C)CC)[C@H](C[C@@H](OC(C)=O)c1nc(C(=O)N[C@@H](Cc2ccc(O)cc2)C[C@H](C)C(=O)NNC(=O)OCCSSC[C@H](NC(=O)[C@H](CC(=O)O)NC(=O)[C@H](CC(=O)O)NC(=O)Cc2ccc(CNC(=O)NCCCC[C@H](NC(=O)N[C@@H](CCC(=O)O)C(=O)O)C(=O)O)cc2)C(=O)O)cs1)C(C)C. The Bertz CT molecular complexity index is 4050. The average Bonchev–Trinajstić information content (AvgIpc) is 1.23. The Morgan fingerprint density at radius 3 is 1.85 bits per heavy atom. The third-order valence-corrected chi connectivity index (χ3v) is 23.2. The van der Waals surface area contributed by atoms with E-state index in [1.165, 1.54) is 55.6 Å². The normalized spacial score (nSPS) is 15.2. The van der Waals surface area contributed by atoms with Gasteiger partial charge in [-0.3, -0.25) is 63.1 Å². The van der Waals surface area contributed by atoms with Crippen molar-refractivity contribution in [1.82, 2.24) is 73.5 Å². The number of unbranched alkanes of at least 4 members (excludes halogenated alkanes) is 4. The van der Waals surface area contributed by atoms with Crippen molar-refractivity contribution in [2.24, 2.45) is 17.8 Å². The first-order chi connectivity index (χ1) is 58.8. The monoisotopic (exact) mass is 1800 g/mol. The van der Waals surface area contributed by atoms with Crippen molar-refractivity contribution in [3.63, 3.8) is 0 Å². The summed E-state index contributed by atoms with van der Waals surface area (Å²) in [6, 6.07) is -0.884. The number of rotatable bonds is 57. The molecule has 2 heterocycles. The Balaban J connectivity index is 1.29. The number of carboxylic acid groups (broad SMARTS) is 6. The number of likely N-dealkylation sites (N-methyl/N-ethyl adjacent to an activating group) is 1. The first-order valence-corrected chi connectivity index (χ1v) is 44.1. The number of hydrogen-bond donors (Lipinski definition) is 18. The largest absolute Gasteiger partial charge is 0.508 e. The molecule has 1 aliphatic rings. The third kappa shape index (κ3) is 40.0. The number of piperidine rings is 1. The van der Waals surface area contributed by atoms with E-state index >= 15 is 4.79 Å². The van der Waals surface area contributed by atoms with E-state index in [9.17, 15) is 107 Å². The standard InChI is InChI=1S/C80H118N14O27S3/c1-9-11-12-17-32-119-44-94(74(109)67(46(5)10-2)90-72(108)60-19-14-16-31-93(60)8)61(45(3)4)40-62(121-48(7)95)73-87-58(42-122-73)71(107)83-52(36-49-24-26-53(96)27-25-49)35-47(6)68(104)91-92-80(118)120-33-34-123-124-43-59(77(114)115)86-70(106)57(39-66(102)103)85-69(105)56(38-65(100)101)84-63(97)37-50-20-22-51(23-21-50)41-82-78(116)81-30-15-13-18-54(75(110)111)88-79(117)89-55(76(112)113)28-29-64(98)99/h20-27,42,45-47,52,54-57,59-62,67,96H,9-19,28-41,43-44H2,1-8H3,(H,83,107)(H,84,97)(H,85,105)(H,86,106)(H,90,108)(H,91,104)(H,92,118)(H,98,99)(H,100,101)(H,102,103)(H,110,111)(H,112,113)(H,114,115)(H2,81,82,116)(H2,88,89,117)/t46?,47-,52+,54-,55-,56-,57-,59-,60+,61+,62+,67-/m0/s1. The van der Waals surface area contributed by atoms with Crippen LogP contribution in [0.15, 0.2) is 53.9 Å². The van der Waals surface area contributed by atoms with Gasteiger partial charge in [-0.25, -0.2) is 39.2 Å². The number of likely N-dealkylation sites (tertiary alicyclic amines) is 1. The second-order valence-corrected chi connectivity index (χ2v) is 33.7. The number of carbonyl (C=O) groups is 17. The Kier molecular flexibility index (Phi) is 47.4. The predicted octanol–water partition coefficient (Wildman–Crippen LogP) is 4.54. The van der Waals surface area contributed by atoms with E-state index in [4.69, 9.17) is 19.3 Å². The van der Waals surface area contributed by atoms with Crippen LogP contribution in [-0.2, 0) is 95.9 Å². The summed E-state index contributed by atoms with van der Waals surface area (Å²) in [7, 11) is 3.76. The van der Waals surface area contributed by atoms with Crippen LogP contribution in [0.25, 0.3) is 0 Å². The highest BCUT2D eigenvalue weighted by atomic mass is 33.1. The molecule has 0 spiro atoms. The number of urea groups is 2. The molecule has 0 saturated carbocycles. The lowest BCUT2D eigenvalue weighted by Crippen LogP contribution is -2.59. The van der Waals surface area contributed by atoms with E-state index in [-0.39, 0.29) is 117 Å². The van der Waals surface area contributed by atoms with Gasteiger partial charge in [0.15, 0.2) is 6.10 Å². The number of thiazole rings is 1. The number of nitrogens with zero attached hydrogens (tertiary/aromatic N) is 3. The fourth-order valence-corrected chi connectivity index (χ4v) is 15.6. The van der Waals surface area contributed by atoms with Crippen LogP contribution in [0.2, 0.25) is 0 Å². The molecule has 1 aliphatic heterocycles. The van der Waals surface area contributed by atoms with Crippen molar-refractivity contribution in [3.05, 3.63) is 81.3 Å². The minimum atomic E-state index is -2.00. The number of amides is 12. The molecule has 2 aromatic carbocycles. The van der Waals surface area contributed by atoms with E-state index in [2.05, 4.69) is 65.3 Å². The average molecular weight is 1800 g/mol. The van der Waals surface area contributed by atoms with Gasteiger partial charge in [0.1, 0.15) is 66.0 Å². The molecule has 41 nitrogen and oxygen atoms in total. The van der Waals surface area contributed by atoms with E-state index in [1.54, 1.807) is 17.0 Å². The summed E-state index contributed by atoms with van der Waals surface area (Å²) in [5.74, 6) is -17.0. The lowest BCUT2D eigenvalue weighted by Gasteiger charge is -2.40. The number of carbonyl (C=O) groups excluding carboxylic acids is 11. The molecule has 0 bridgehead atoms. The van der Waals surface area contributed by atoms with Crippen LogP contribution in [0.3, 0.4) is 0 Å². The Labute approximate surface area is 729 Å². The summed E-state index contributed by atoms with van der Waals surface area (Å²) >= 11 is 1.06. The molecule has 3 aromatic rings. The van der Waals surface area contributed by atoms with Gasteiger partial charge in [-0.2, -0.15) is 0 Å². The summed E-state index contributed by atoms with van der Waals surface area (Å²) in [5, 5.41) is 90.6. The number of esters is 1. The highest BCUT2D eigenvalue weighted by Crippen LogP contribution is 2.33. The number of aromatic nitrogens is 1. The molecule has 1 unspecified atom stereocenters. The zero-order valence-corrected chi connectivity index (χ0v) is 73.1. The molecule has 0 aliphatic carbocycles. The van der Waals surface area contributed by atoms with E-state index in [1.807, 2.05) is 45.0 Å². The van der Waals surface area contributed by atoms with Gasteiger partial charge in [0.05, 0.1) is 25.3 Å². The van der Waals surface area contributed by atoms with Crippen LogP contribution in [0.4, 0.5) is 14.4 Å². The molecule has 0 radical (unpaired) electrons. The molecule has 12 atom stereocenters. The van der Waals surface area contributed by atoms with E-state index < -0.39 is 188 Å². The zero-order chi connectivity index (χ0) is 92.1. The fraction of sp³-hybridized carbons (Fsp3) is 0.600. The second kappa shape index (κ2) is 55.9. The molecule has 1 fully saturated rings. The number of ether oxygens (including phenoxy) is 3. The fourth-order valence-electron chi connectivity index (χ4n) is 12.8. The Morgan fingerprint density at radius 2 is 1.25 bits per heavy atom. The molecule has 18 N–H and O–H groups in total. The van der Waals surface area contributed by atoms with Crippen molar-refractivity contribution in [3.8, 4) is 5.75 Å². The van der Waals surface area contributed by atoms with Gasteiger partial charge in [-0.05, 0) is 112 Å². The van der Waals surface area contributed by atoms with Crippen LogP contribution in [-0.4, -0.2) is 258 Å². The summed E-state index contributed by atoms with van der Waals surface area (Å²) in [6.07, 6.45) is 1.53. The van der Waals surface area contributed by atoms with E-state index in [0.717, 1.165) is 78.0 Å². The third-order valence-electron chi connectivity index (χ3n) is 19.9. The van der Waals surface area contributed by atoms with E-state index in [0.29, 0.717) is 36.1 Å². The van der Waals surface area contributed by atoms with Crippen molar-refractivity contribution >= 4 is 134 Å². The molecular formula is C80H118N14O27S3. The summed E-state index contributed by atoms with van der Waals surface area (Å²) in [5.41, 5.74) is 5.93. The molecule has 124 heavy (non-hydrogen) atoms. The first kappa shape index (κ1) is 105. The van der Waals surface area contributed by atoms with Crippen LogP contribution in [0.1, 0.15) is 196 Å².